The van der Waals surface area contributed by atoms with E-state index < -0.39 is 5.97 Å². The molecule has 1 amide bonds. The molecule has 1 heterocycles. The van der Waals surface area contributed by atoms with E-state index in [0.29, 0.717) is 17.7 Å². The molecule has 1 N–H and O–H groups in total. The number of benzene rings is 1. The van der Waals surface area contributed by atoms with E-state index in [1.165, 1.54) is 7.11 Å². The number of fused-ring (bicyclic) bond motifs is 1. The second kappa shape index (κ2) is 4.57. The number of thioether (sulfide) groups is 1. The predicted molar refractivity (Wildman–Crippen MR) is 61.8 cm³/mol. The van der Waals surface area contributed by atoms with Crippen LogP contribution >= 0.6 is 11.8 Å². The number of carbonyl (C=O) groups is 2. The predicted octanol–water partition coefficient (Wildman–Crippen LogP) is 1.91. The molecule has 0 fully saturated rings. The molecule has 1 aliphatic rings. The molecule has 0 radical (unpaired) electrons. The number of hydrogen-bond donors (Lipinski definition) is 1. The molecule has 0 saturated carbocycles. The monoisotopic (exact) mass is 237 g/mol. The van der Waals surface area contributed by atoms with Crippen molar-refractivity contribution >= 4 is 29.3 Å². The van der Waals surface area contributed by atoms with Gasteiger partial charge in [0.25, 0.3) is 0 Å². The summed E-state index contributed by atoms with van der Waals surface area (Å²) in [6.07, 6.45) is 0.493. The van der Waals surface area contributed by atoms with Crippen molar-refractivity contribution in [3.8, 4) is 0 Å². The van der Waals surface area contributed by atoms with Crippen molar-refractivity contribution in [3.63, 3.8) is 0 Å². The lowest BCUT2D eigenvalue weighted by Gasteiger charge is -2.07. The number of esters is 1. The number of nitrogens with one attached hydrogen (secondary N) is 1. The topological polar surface area (TPSA) is 55.4 Å². The smallest absolute Gasteiger partial charge is 0.337 e. The molecule has 0 aliphatic carbocycles. The van der Waals surface area contributed by atoms with E-state index in [9.17, 15) is 9.59 Å². The van der Waals surface area contributed by atoms with Gasteiger partial charge in [0, 0.05) is 17.1 Å². The van der Waals surface area contributed by atoms with Gasteiger partial charge in [-0.1, -0.05) is 0 Å². The standard InChI is InChI=1S/C11H11NO3S/c1-15-11(14)7-2-3-9-8(6-7)12-10(13)4-5-16-9/h2-3,6H,4-5H2,1H3,(H,12,13). The first-order valence-electron chi connectivity index (χ1n) is 4.86. The quantitative estimate of drug-likeness (QED) is 0.758. The highest BCUT2D eigenvalue weighted by Crippen LogP contribution is 2.31. The van der Waals surface area contributed by atoms with Gasteiger partial charge in [-0.05, 0) is 18.2 Å². The highest BCUT2D eigenvalue weighted by atomic mass is 32.2. The number of ether oxygens (including phenoxy) is 1. The van der Waals surface area contributed by atoms with E-state index in [1.807, 2.05) is 6.07 Å². The molecule has 1 aromatic rings. The Kier molecular flexibility index (Phi) is 3.14. The van der Waals surface area contributed by atoms with Gasteiger partial charge in [0.05, 0.1) is 18.4 Å². The van der Waals surface area contributed by atoms with Crippen LogP contribution in [0, 0.1) is 0 Å². The van der Waals surface area contributed by atoms with E-state index in [2.05, 4.69) is 10.1 Å². The lowest BCUT2D eigenvalue weighted by atomic mass is 10.2. The van der Waals surface area contributed by atoms with Crippen LogP contribution in [0.3, 0.4) is 0 Å². The van der Waals surface area contributed by atoms with Crippen molar-refractivity contribution < 1.29 is 14.3 Å². The average molecular weight is 237 g/mol. The Balaban J connectivity index is 2.36. The average Bonchev–Trinajstić information content (AvgIpc) is 2.47. The summed E-state index contributed by atoms with van der Waals surface area (Å²) in [5.41, 5.74) is 1.14. The third-order valence-electron chi connectivity index (χ3n) is 2.26. The van der Waals surface area contributed by atoms with Gasteiger partial charge in [0.2, 0.25) is 5.91 Å². The minimum absolute atomic E-state index is 0.0201. The zero-order chi connectivity index (χ0) is 11.5. The first-order chi connectivity index (χ1) is 7.70. The summed E-state index contributed by atoms with van der Waals surface area (Å²) in [5, 5.41) is 2.77. The number of amides is 1. The van der Waals surface area contributed by atoms with E-state index in [1.54, 1.807) is 23.9 Å². The zero-order valence-corrected chi connectivity index (χ0v) is 9.60. The first-order valence-corrected chi connectivity index (χ1v) is 5.84. The van der Waals surface area contributed by atoms with Crippen LogP contribution in [0.15, 0.2) is 23.1 Å². The minimum Gasteiger partial charge on any atom is -0.465 e. The first kappa shape index (κ1) is 11.0. The molecule has 0 unspecified atom stereocenters. The fourth-order valence-corrected chi connectivity index (χ4v) is 2.40. The molecule has 5 heteroatoms. The molecule has 2 rings (SSSR count). The van der Waals surface area contributed by atoms with Crippen molar-refractivity contribution in [1.29, 1.82) is 0 Å². The molecule has 0 atom stereocenters. The van der Waals surface area contributed by atoms with Crippen LogP contribution in [-0.4, -0.2) is 24.7 Å². The van der Waals surface area contributed by atoms with Gasteiger partial charge in [-0.2, -0.15) is 0 Å². The van der Waals surface area contributed by atoms with Gasteiger partial charge in [-0.25, -0.2) is 4.79 Å². The highest BCUT2D eigenvalue weighted by molar-refractivity contribution is 7.99. The molecular weight excluding hydrogens is 226 g/mol. The third-order valence-corrected chi connectivity index (χ3v) is 3.34. The van der Waals surface area contributed by atoms with Crippen molar-refractivity contribution in [2.24, 2.45) is 0 Å². The van der Waals surface area contributed by atoms with Gasteiger partial charge in [-0.15, -0.1) is 11.8 Å². The molecule has 4 nitrogen and oxygen atoms in total. The van der Waals surface area contributed by atoms with Crippen molar-refractivity contribution in [2.45, 2.75) is 11.3 Å². The van der Waals surface area contributed by atoms with E-state index in [4.69, 9.17) is 0 Å². The largest absolute Gasteiger partial charge is 0.465 e. The Morgan fingerprint density at radius 1 is 1.50 bits per heavy atom. The summed E-state index contributed by atoms with van der Waals surface area (Å²) >= 11 is 1.61. The van der Waals surface area contributed by atoms with Gasteiger partial charge in [0.15, 0.2) is 0 Å². The van der Waals surface area contributed by atoms with Crippen LogP contribution in [0.1, 0.15) is 16.8 Å². The van der Waals surface area contributed by atoms with Crippen LogP contribution < -0.4 is 5.32 Å². The summed E-state index contributed by atoms with van der Waals surface area (Å²) in [7, 11) is 1.33. The Morgan fingerprint density at radius 2 is 2.31 bits per heavy atom. The van der Waals surface area contributed by atoms with Gasteiger partial charge in [-0.3, -0.25) is 4.79 Å². The minimum atomic E-state index is -0.397. The van der Waals surface area contributed by atoms with Crippen molar-refractivity contribution in [3.05, 3.63) is 23.8 Å². The second-order valence-corrected chi connectivity index (χ2v) is 4.49. The molecule has 1 aliphatic heterocycles. The molecule has 0 saturated heterocycles. The second-order valence-electron chi connectivity index (χ2n) is 3.35. The molecular formula is C11H11NO3S. The third kappa shape index (κ3) is 2.19. The van der Waals surface area contributed by atoms with Crippen LogP contribution in [0.25, 0.3) is 0 Å². The number of hydrogen-bond acceptors (Lipinski definition) is 4. The Hall–Kier alpha value is -1.49. The summed E-state index contributed by atoms with van der Waals surface area (Å²) in [4.78, 5) is 23.7. The van der Waals surface area contributed by atoms with Gasteiger partial charge in [0.1, 0.15) is 0 Å². The molecule has 1 aromatic carbocycles. The maximum absolute atomic E-state index is 11.4. The lowest BCUT2D eigenvalue weighted by molar-refractivity contribution is -0.115. The number of rotatable bonds is 1. The summed E-state index contributed by atoms with van der Waals surface area (Å²) in [6.45, 7) is 0. The Morgan fingerprint density at radius 3 is 3.06 bits per heavy atom. The number of anilines is 1. The summed E-state index contributed by atoms with van der Waals surface area (Å²) in [5.74, 6) is 0.343. The fraction of sp³-hybridized carbons (Fsp3) is 0.273. The maximum atomic E-state index is 11.4. The molecule has 0 aromatic heterocycles. The van der Waals surface area contributed by atoms with Crippen molar-refractivity contribution in [1.82, 2.24) is 0 Å². The van der Waals surface area contributed by atoms with Crippen LogP contribution in [-0.2, 0) is 9.53 Å². The van der Waals surface area contributed by atoms with Crippen LogP contribution in [0.5, 0.6) is 0 Å². The normalized spacial score (nSPS) is 14.7. The zero-order valence-electron chi connectivity index (χ0n) is 8.78. The number of methoxy groups -OCH3 is 1. The Labute approximate surface area is 97.4 Å². The Bertz CT molecular complexity index is 445. The van der Waals surface area contributed by atoms with E-state index >= 15 is 0 Å². The maximum Gasteiger partial charge on any atom is 0.337 e. The SMILES string of the molecule is COC(=O)c1ccc2c(c1)NC(=O)CCS2. The molecule has 16 heavy (non-hydrogen) atoms. The van der Waals surface area contributed by atoms with E-state index in [0.717, 1.165) is 10.6 Å². The van der Waals surface area contributed by atoms with Crippen LogP contribution in [0.2, 0.25) is 0 Å². The lowest BCUT2D eigenvalue weighted by Crippen LogP contribution is -2.11. The molecule has 0 spiro atoms. The summed E-state index contributed by atoms with van der Waals surface area (Å²) < 4.78 is 4.63. The van der Waals surface area contributed by atoms with Crippen LogP contribution in [0.4, 0.5) is 5.69 Å². The fourth-order valence-electron chi connectivity index (χ4n) is 1.46. The highest BCUT2D eigenvalue weighted by Gasteiger charge is 2.15. The number of carbonyl (C=O) groups excluding carboxylic acids is 2. The van der Waals surface area contributed by atoms with E-state index in [-0.39, 0.29) is 5.91 Å². The van der Waals surface area contributed by atoms with Gasteiger partial charge < -0.3 is 10.1 Å². The summed E-state index contributed by atoms with van der Waals surface area (Å²) in [6, 6.07) is 5.18. The van der Waals surface area contributed by atoms with Crippen molar-refractivity contribution in [2.75, 3.05) is 18.2 Å². The van der Waals surface area contributed by atoms with Gasteiger partial charge >= 0.3 is 5.97 Å². The molecule has 84 valence electrons. The molecule has 0 bridgehead atoms.